The van der Waals surface area contributed by atoms with Crippen LogP contribution in [0.4, 0.5) is 11.4 Å². The fourth-order valence-corrected chi connectivity index (χ4v) is 2.17. The number of hydrogen-bond acceptors (Lipinski definition) is 5. The molecule has 1 atom stereocenters. The van der Waals surface area contributed by atoms with E-state index in [1.165, 1.54) is 7.11 Å². The Kier molecular flexibility index (Phi) is 3.59. The Morgan fingerprint density at radius 3 is 2.89 bits per heavy atom. The fourth-order valence-electron chi connectivity index (χ4n) is 2.17. The Labute approximate surface area is 111 Å². The number of esters is 1. The number of piperazine rings is 1. The van der Waals surface area contributed by atoms with Crippen LogP contribution in [-0.4, -0.2) is 38.1 Å². The summed E-state index contributed by atoms with van der Waals surface area (Å²) in [6, 6.07) is 4.69. The molecule has 3 N–H and O–H groups in total. The number of nitrogen functional groups attached to an aromatic ring is 1. The maximum Gasteiger partial charge on any atom is 0.337 e. The van der Waals surface area contributed by atoms with Gasteiger partial charge in [-0.2, -0.15) is 0 Å². The monoisotopic (exact) mass is 263 g/mol. The van der Waals surface area contributed by atoms with E-state index in [1.807, 2.05) is 11.8 Å². The smallest absolute Gasteiger partial charge is 0.337 e. The molecule has 0 aliphatic carbocycles. The summed E-state index contributed by atoms with van der Waals surface area (Å²) in [4.78, 5) is 25.0. The highest BCUT2D eigenvalue weighted by atomic mass is 16.5. The first kappa shape index (κ1) is 13.2. The molecule has 0 radical (unpaired) electrons. The molecule has 0 bridgehead atoms. The van der Waals surface area contributed by atoms with Crippen LogP contribution in [0.3, 0.4) is 0 Å². The molecule has 19 heavy (non-hydrogen) atoms. The number of nitrogens with two attached hydrogens (primary N) is 1. The van der Waals surface area contributed by atoms with Crippen molar-refractivity contribution in [3.05, 3.63) is 23.8 Å². The van der Waals surface area contributed by atoms with Crippen molar-refractivity contribution in [2.45, 2.75) is 13.0 Å². The summed E-state index contributed by atoms with van der Waals surface area (Å²) in [5, 5.41) is 2.79. The van der Waals surface area contributed by atoms with Gasteiger partial charge in [-0.25, -0.2) is 4.79 Å². The van der Waals surface area contributed by atoms with Crippen molar-refractivity contribution in [3.63, 3.8) is 0 Å². The Balaban J connectivity index is 2.30. The van der Waals surface area contributed by atoms with Gasteiger partial charge in [0.05, 0.1) is 24.0 Å². The minimum Gasteiger partial charge on any atom is -0.465 e. The van der Waals surface area contributed by atoms with Gasteiger partial charge < -0.3 is 20.7 Å². The fraction of sp³-hybridized carbons (Fsp3) is 0.385. The normalized spacial score (nSPS) is 18.9. The SMILES string of the molecule is COC(=O)c1ccc(N2CCNC(=O)C2C)c(N)c1. The van der Waals surface area contributed by atoms with E-state index in [-0.39, 0.29) is 11.9 Å². The highest BCUT2D eigenvalue weighted by molar-refractivity contribution is 5.93. The van der Waals surface area contributed by atoms with Gasteiger partial charge >= 0.3 is 5.97 Å². The number of benzene rings is 1. The van der Waals surface area contributed by atoms with E-state index in [0.717, 1.165) is 5.69 Å². The van der Waals surface area contributed by atoms with E-state index in [2.05, 4.69) is 10.1 Å². The Morgan fingerprint density at radius 2 is 2.26 bits per heavy atom. The van der Waals surface area contributed by atoms with E-state index < -0.39 is 5.97 Å². The first-order valence-electron chi connectivity index (χ1n) is 6.06. The van der Waals surface area contributed by atoms with Crippen LogP contribution in [-0.2, 0) is 9.53 Å². The molecular weight excluding hydrogens is 246 g/mol. The van der Waals surface area contributed by atoms with Crippen LogP contribution in [0, 0.1) is 0 Å². The molecule has 6 nitrogen and oxygen atoms in total. The first-order valence-corrected chi connectivity index (χ1v) is 6.06. The Morgan fingerprint density at radius 1 is 1.53 bits per heavy atom. The van der Waals surface area contributed by atoms with Crippen LogP contribution in [0.1, 0.15) is 17.3 Å². The number of nitrogens with one attached hydrogen (secondary N) is 1. The molecule has 1 heterocycles. The third kappa shape index (κ3) is 2.47. The minimum absolute atomic E-state index is 0.0253. The standard InChI is InChI=1S/C13H17N3O3/c1-8-12(17)15-5-6-16(8)11-4-3-9(7-10(11)14)13(18)19-2/h3-4,7-8H,5-6,14H2,1-2H3,(H,15,17). The van der Waals surface area contributed by atoms with Crippen molar-refractivity contribution in [1.82, 2.24) is 5.32 Å². The predicted octanol–water partition coefficient (Wildman–Crippen LogP) is 0.380. The Bertz CT molecular complexity index is 516. The third-order valence-electron chi connectivity index (χ3n) is 3.26. The lowest BCUT2D eigenvalue weighted by Crippen LogP contribution is -2.54. The molecule has 1 aliphatic heterocycles. The number of carbonyl (C=O) groups is 2. The molecule has 1 saturated heterocycles. The van der Waals surface area contributed by atoms with Crippen LogP contribution >= 0.6 is 0 Å². The number of methoxy groups -OCH3 is 1. The van der Waals surface area contributed by atoms with Crippen LogP contribution in [0.5, 0.6) is 0 Å². The van der Waals surface area contributed by atoms with Gasteiger partial charge in [-0.05, 0) is 25.1 Å². The van der Waals surface area contributed by atoms with E-state index in [9.17, 15) is 9.59 Å². The lowest BCUT2D eigenvalue weighted by Gasteiger charge is -2.35. The second-order valence-electron chi connectivity index (χ2n) is 4.43. The minimum atomic E-state index is -0.428. The van der Waals surface area contributed by atoms with E-state index in [4.69, 9.17) is 5.73 Å². The number of amides is 1. The second kappa shape index (κ2) is 5.17. The van der Waals surface area contributed by atoms with Crippen LogP contribution in [0.2, 0.25) is 0 Å². The van der Waals surface area contributed by atoms with Crippen molar-refractivity contribution in [2.24, 2.45) is 0 Å². The summed E-state index contributed by atoms with van der Waals surface area (Å²) < 4.78 is 4.64. The van der Waals surface area contributed by atoms with Crippen LogP contribution < -0.4 is 16.0 Å². The second-order valence-corrected chi connectivity index (χ2v) is 4.43. The topological polar surface area (TPSA) is 84.7 Å². The summed E-state index contributed by atoms with van der Waals surface area (Å²) in [7, 11) is 1.32. The van der Waals surface area contributed by atoms with Gasteiger partial charge in [0.25, 0.3) is 0 Å². The molecule has 102 valence electrons. The number of rotatable bonds is 2. The zero-order valence-electron chi connectivity index (χ0n) is 11.0. The molecular formula is C13H17N3O3. The number of anilines is 2. The molecule has 1 aromatic rings. The van der Waals surface area contributed by atoms with Gasteiger partial charge in [0.15, 0.2) is 0 Å². The largest absolute Gasteiger partial charge is 0.465 e. The van der Waals surface area contributed by atoms with Gasteiger partial charge in [0, 0.05) is 13.1 Å². The van der Waals surface area contributed by atoms with Crippen molar-refractivity contribution in [3.8, 4) is 0 Å². The van der Waals surface area contributed by atoms with Crippen molar-refractivity contribution >= 4 is 23.3 Å². The maximum absolute atomic E-state index is 11.6. The summed E-state index contributed by atoms with van der Waals surface area (Å²) in [5.74, 6) is -0.453. The van der Waals surface area contributed by atoms with Crippen molar-refractivity contribution in [1.29, 1.82) is 0 Å². The summed E-state index contributed by atoms with van der Waals surface area (Å²) in [6.07, 6.45) is 0. The molecule has 1 unspecified atom stereocenters. The summed E-state index contributed by atoms with van der Waals surface area (Å²) in [5.41, 5.74) is 7.59. The number of nitrogens with zero attached hydrogens (tertiary/aromatic N) is 1. The molecule has 0 spiro atoms. The van der Waals surface area contributed by atoms with E-state index in [1.54, 1.807) is 18.2 Å². The van der Waals surface area contributed by atoms with Gasteiger partial charge in [-0.3, -0.25) is 4.79 Å². The molecule has 1 fully saturated rings. The van der Waals surface area contributed by atoms with Crippen LogP contribution in [0.15, 0.2) is 18.2 Å². The first-order chi connectivity index (χ1) is 9.04. The van der Waals surface area contributed by atoms with Crippen molar-refractivity contribution < 1.29 is 14.3 Å². The Hall–Kier alpha value is -2.24. The van der Waals surface area contributed by atoms with E-state index in [0.29, 0.717) is 24.3 Å². The molecule has 1 aliphatic rings. The number of ether oxygens (including phenoxy) is 1. The van der Waals surface area contributed by atoms with Crippen LogP contribution in [0.25, 0.3) is 0 Å². The third-order valence-corrected chi connectivity index (χ3v) is 3.26. The average molecular weight is 263 g/mol. The molecule has 1 aromatic carbocycles. The quantitative estimate of drug-likeness (QED) is 0.595. The molecule has 0 saturated carbocycles. The van der Waals surface area contributed by atoms with Crippen molar-refractivity contribution in [2.75, 3.05) is 30.8 Å². The molecule has 6 heteroatoms. The lowest BCUT2D eigenvalue weighted by atomic mass is 10.1. The number of carbonyl (C=O) groups excluding carboxylic acids is 2. The van der Waals surface area contributed by atoms with E-state index >= 15 is 0 Å². The van der Waals surface area contributed by atoms with Gasteiger partial charge in [-0.15, -0.1) is 0 Å². The maximum atomic E-state index is 11.6. The highest BCUT2D eigenvalue weighted by Gasteiger charge is 2.27. The summed E-state index contributed by atoms with van der Waals surface area (Å²) >= 11 is 0. The highest BCUT2D eigenvalue weighted by Crippen LogP contribution is 2.27. The average Bonchev–Trinajstić information content (AvgIpc) is 2.41. The molecule has 1 amide bonds. The van der Waals surface area contributed by atoms with Gasteiger partial charge in [-0.1, -0.05) is 0 Å². The number of hydrogen-bond donors (Lipinski definition) is 2. The summed E-state index contributed by atoms with van der Waals surface area (Å²) in [6.45, 7) is 3.10. The zero-order chi connectivity index (χ0) is 14.0. The van der Waals surface area contributed by atoms with Gasteiger partial charge in [0.2, 0.25) is 5.91 Å². The van der Waals surface area contributed by atoms with Gasteiger partial charge in [0.1, 0.15) is 6.04 Å². The molecule has 2 rings (SSSR count). The lowest BCUT2D eigenvalue weighted by molar-refractivity contribution is -0.122. The predicted molar refractivity (Wildman–Crippen MR) is 72.0 cm³/mol. The zero-order valence-corrected chi connectivity index (χ0v) is 11.0. The molecule has 0 aromatic heterocycles.